The highest BCUT2D eigenvalue weighted by Gasteiger charge is 2.18. The molecule has 6 heteroatoms. The van der Waals surface area contributed by atoms with Crippen molar-refractivity contribution in [1.82, 2.24) is 0 Å². The van der Waals surface area contributed by atoms with Gasteiger partial charge in [0.15, 0.2) is 0 Å². The molecule has 0 aromatic carbocycles. The number of nitrogens with one attached hydrogen (secondary N) is 1. The summed E-state index contributed by atoms with van der Waals surface area (Å²) in [6, 6.07) is 0. The van der Waals surface area contributed by atoms with Crippen molar-refractivity contribution in [2.24, 2.45) is 0 Å². The van der Waals surface area contributed by atoms with Crippen LogP contribution in [0.15, 0.2) is 0 Å². The van der Waals surface area contributed by atoms with Gasteiger partial charge in [-0.1, -0.05) is 27.2 Å². The molecule has 0 aliphatic carbocycles. The Morgan fingerprint density at radius 3 is 2.00 bits per heavy atom. The van der Waals surface area contributed by atoms with Crippen molar-refractivity contribution >= 4 is 10.4 Å². The second-order valence-corrected chi connectivity index (χ2v) is 5.38. The van der Waals surface area contributed by atoms with E-state index in [0.717, 1.165) is 32.4 Å². The summed E-state index contributed by atoms with van der Waals surface area (Å²) >= 11 is 0. The summed E-state index contributed by atoms with van der Waals surface area (Å²) in [5.74, 6) is 0. The van der Waals surface area contributed by atoms with E-state index in [9.17, 15) is 13.0 Å². The molecule has 0 spiro atoms. The van der Waals surface area contributed by atoms with Crippen LogP contribution in [0.1, 0.15) is 46.5 Å². The SMILES string of the molecule is CCCC(C[NH+](CCC)CCC)OS(=O)(=O)[O-]. The quantitative estimate of drug-likeness (QED) is 0.457. The van der Waals surface area contributed by atoms with E-state index in [1.807, 2.05) is 6.92 Å². The lowest BCUT2D eigenvalue weighted by molar-refractivity contribution is -0.903. The minimum absolute atomic E-state index is 0.476. The Balaban J connectivity index is 4.37. The molecular formula is C11H25NO4S. The third kappa shape index (κ3) is 9.52. The van der Waals surface area contributed by atoms with Gasteiger partial charge >= 0.3 is 0 Å². The summed E-state index contributed by atoms with van der Waals surface area (Å²) in [5, 5.41) is 0. The summed E-state index contributed by atoms with van der Waals surface area (Å²) in [5.41, 5.74) is 0. The predicted octanol–water partition coefficient (Wildman–Crippen LogP) is 0.337. The van der Waals surface area contributed by atoms with E-state index in [1.54, 1.807) is 0 Å². The van der Waals surface area contributed by atoms with Crippen molar-refractivity contribution in [3.63, 3.8) is 0 Å². The van der Waals surface area contributed by atoms with Crippen LogP contribution in [-0.4, -0.2) is 38.7 Å². The lowest BCUT2D eigenvalue weighted by Crippen LogP contribution is -3.13. The topological polar surface area (TPSA) is 70.9 Å². The van der Waals surface area contributed by atoms with Crippen LogP contribution in [0, 0.1) is 0 Å². The zero-order valence-corrected chi connectivity index (χ0v) is 11.9. The first kappa shape index (κ1) is 16.8. The Labute approximate surface area is 105 Å². The van der Waals surface area contributed by atoms with Crippen LogP contribution >= 0.6 is 0 Å². The number of quaternary nitrogens is 1. The van der Waals surface area contributed by atoms with Gasteiger partial charge in [-0.05, 0) is 19.3 Å². The Kier molecular flexibility index (Phi) is 8.77. The minimum Gasteiger partial charge on any atom is -0.726 e. The van der Waals surface area contributed by atoms with E-state index >= 15 is 0 Å². The molecule has 0 saturated carbocycles. The smallest absolute Gasteiger partial charge is 0.218 e. The van der Waals surface area contributed by atoms with E-state index in [2.05, 4.69) is 18.0 Å². The number of rotatable bonds is 10. The van der Waals surface area contributed by atoms with Crippen molar-refractivity contribution in [1.29, 1.82) is 0 Å². The summed E-state index contributed by atoms with van der Waals surface area (Å²) in [6.07, 6.45) is 3.02. The zero-order chi connectivity index (χ0) is 13.3. The molecule has 104 valence electrons. The summed E-state index contributed by atoms with van der Waals surface area (Å²) in [7, 11) is -4.58. The van der Waals surface area contributed by atoms with Gasteiger partial charge in [0.2, 0.25) is 10.4 Å². The van der Waals surface area contributed by atoms with E-state index in [4.69, 9.17) is 0 Å². The monoisotopic (exact) mass is 267 g/mol. The van der Waals surface area contributed by atoms with Crippen LogP contribution < -0.4 is 4.90 Å². The molecule has 0 rings (SSSR count). The fourth-order valence-electron chi connectivity index (χ4n) is 2.03. The van der Waals surface area contributed by atoms with Crippen LogP contribution in [0.25, 0.3) is 0 Å². The van der Waals surface area contributed by atoms with Crippen LogP contribution in [0.4, 0.5) is 0 Å². The molecule has 0 bridgehead atoms. The number of hydrogen-bond donors (Lipinski definition) is 1. The number of hydrogen-bond acceptors (Lipinski definition) is 4. The van der Waals surface area contributed by atoms with Crippen LogP contribution in [-0.2, 0) is 14.6 Å². The Morgan fingerprint density at radius 2 is 1.65 bits per heavy atom. The molecule has 5 nitrogen and oxygen atoms in total. The van der Waals surface area contributed by atoms with Gasteiger partial charge in [0, 0.05) is 0 Å². The van der Waals surface area contributed by atoms with Gasteiger partial charge in [-0.15, -0.1) is 0 Å². The third-order valence-electron chi connectivity index (χ3n) is 2.59. The van der Waals surface area contributed by atoms with Gasteiger partial charge in [0.1, 0.15) is 12.6 Å². The maximum absolute atomic E-state index is 10.6. The first-order chi connectivity index (χ1) is 7.92. The maximum atomic E-state index is 10.6. The highest BCUT2D eigenvalue weighted by Crippen LogP contribution is 2.03. The fraction of sp³-hybridized carbons (Fsp3) is 1.00. The van der Waals surface area contributed by atoms with Crippen molar-refractivity contribution in [2.45, 2.75) is 52.6 Å². The van der Waals surface area contributed by atoms with Gasteiger partial charge in [-0.2, -0.15) is 0 Å². The lowest BCUT2D eigenvalue weighted by atomic mass is 10.2. The normalized spacial score (nSPS) is 14.2. The molecule has 1 atom stereocenters. The molecule has 17 heavy (non-hydrogen) atoms. The molecule has 0 aromatic rings. The molecule has 0 aliphatic heterocycles. The highest BCUT2D eigenvalue weighted by atomic mass is 32.3. The largest absolute Gasteiger partial charge is 0.726 e. The predicted molar refractivity (Wildman–Crippen MR) is 65.6 cm³/mol. The second-order valence-electron chi connectivity index (χ2n) is 4.37. The molecule has 1 N–H and O–H groups in total. The molecule has 0 aliphatic rings. The second kappa shape index (κ2) is 8.85. The third-order valence-corrected chi connectivity index (χ3v) is 3.10. The molecule has 0 fully saturated rings. The van der Waals surface area contributed by atoms with Crippen LogP contribution in [0.3, 0.4) is 0 Å². The Bertz CT molecular complexity index is 273. The summed E-state index contributed by atoms with van der Waals surface area (Å²) in [4.78, 5) is 1.30. The van der Waals surface area contributed by atoms with Gasteiger partial charge in [-0.3, -0.25) is 4.18 Å². The molecule has 0 amide bonds. The van der Waals surface area contributed by atoms with E-state index < -0.39 is 16.5 Å². The Morgan fingerprint density at radius 1 is 1.12 bits per heavy atom. The van der Waals surface area contributed by atoms with Crippen LogP contribution in [0.2, 0.25) is 0 Å². The molecular weight excluding hydrogens is 242 g/mol. The average molecular weight is 267 g/mol. The average Bonchev–Trinajstić information content (AvgIpc) is 2.16. The van der Waals surface area contributed by atoms with Crippen molar-refractivity contribution in [3.05, 3.63) is 0 Å². The fourth-order valence-corrected chi connectivity index (χ4v) is 2.53. The van der Waals surface area contributed by atoms with Gasteiger partial charge in [-0.25, -0.2) is 8.42 Å². The highest BCUT2D eigenvalue weighted by molar-refractivity contribution is 7.80. The molecule has 0 saturated heterocycles. The van der Waals surface area contributed by atoms with E-state index in [0.29, 0.717) is 13.0 Å². The van der Waals surface area contributed by atoms with Gasteiger partial charge in [0.05, 0.1) is 13.1 Å². The van der Waals surface area contributed by atoms with E-state index in [-0.39, 0.29) is 0 Å². The van der Waals surface area contributed by atoms with Gasteiger partial charge < -0.3 is 9.45 Å². The first-order valence-corrected chi connectivity index (χ1v) is 7.73. The molecule has 0 aromatic heterocycles. The zero-order valence-electron chi connectivity index (χ0n) is 11.1. The van der Waals surface area contributed by atoms with E-state index in [1.165, 1.54) is 4.90 Å². The van der Waals surface area contributed by atoms with Crippen molar-refractivity contribution in [3.8, 4) is 0 Å². The van der Waals surface area contributed by atoms with Crippen molar-refractivity contribution < 1.29 is 22.1 Å². The molecule has 1 unspecified atom stereocenters. The summed E-state index contributed by atoms with van der Waals surface area (Å²) in [6.45, 7) is 8.70. The molecule has 0 radical (unpaired) electrons. The standard InChI is InChI=1S/C11H25NO4S/c1-4-7-11(16-17(13,14)15)10-12(8-5-2)9-6-3/h11H,4-10H2,1-3H3,(H,13,14,15). The maximum Gasteiger partial charge on any atom is 0.218 e. The summed E-state index contributed by atoms with van der Waals surface area (Å²) < 4.78 is 36.5. The van der Waals surface area contributed by atoms with Crippen LogP contribution in [0.5, 0.6) is 0 Å². The minimum atomic E-state index is -4.58. The Hall–Kier alpha value is -0.170. The van der Waals surface area contributed by atoms with Crippen molar-refractivity contribution in [2.75, 3.05) is 19.6 Å². The van der Waals surface area contributed by atoms with Gasteiger partial charge in [0.25, 0.3) is 0 Å². The first-order valence-electron chi connectivity index (χ1n) is 6.40. The molecule has 0 heterocycles. The lowest BCUT2D eigenvalue weighted by Gasteiger charge is -2.24.